The molecule has 0 aliphatic carbocycles. The normalized spacial score (nSPS) is 13.8. The van der Waals surface area contributed by atoms with E-state index < -0.39 is 5.97 Å². The second kappa shape index (κ2) is 9.37. The van der Waals surface area contributed by atoms with Gasteiger partial charge in [0.25, 0.3) is 0 Å². The summed E-state index contributed by atoms with van der Waals surface area (Å²) in [6.45, 7) is 3.57. The highest BCUT2D eigenvalue weighted by atomic mass is 16.4. The summed E-state index contributed by atoms with van der Waals surface area (Å²) >= 11 is 0. The fourth-order valence-electron chi connectivity index (χ4n) is 3.72. The van der Waals surface area contributed by atoms with Crippen LogP contribution < -0.4 is 4.90 Å². The summed E-state index contributed by atoms with van der Waals surface area (Å²) in [5.74, 6) is -1.45. The molecule has 2 aromatic rings. The molecule has 0 bridgehead atoms. The van der Waals surface area contributed by atoms with Gasteiger partial charge in [0.1, 0.15) is 0 Å². The number of hydrogen-bond donors (Lipinski definition) is 1. The molecule has 0 atom stereocenters. The van der Waals surface area contributed by atoms with Crippen molar-refractivity contribution in [2.45, 2.75) is 32.6 Å². The molecule has 0 saturated carbocycles. The second-order valence-electron chi connectivity index (χ2n) is 7.18. The lowest BCUT2D eigenvalue weighted by Gasteiger charge is -2.34. The zero-order chi connectivity index (χ0) is 20.8. The standard InChI is InChI=1S/C23H26N2O4/c1-2-14-25(23(29)24-15-7-4-8-16-24)20-18(12-9-13-19(20)22(27)28)21(26)17-10-5-3-6-11-17/h3,5-6,9-13H,2,4,7-8,14-16H2,1H3,(H,27,28). The Labute approximate surface area is 170 Å². The molecule has 3 rings (SSSR count). The lowest BCUT2D eigenvalue weighted by Crippen LogP contribution is -2.47. The van der Waals surface area contributed by atoms with Gasteiger partial charge in [0, 0.05) is 30.8 Å². The molecule has 1 heterocycles. The Balaban J connectivity index is 2.11. The molecule has 2 aromatic carbocycles. The highest BCUT2D eigenvalue weighted by molar-refractivity contribution is 6.17. The number of carboxylic acids is 1. The van der Waals surface area contributed by atoms with Crippen LogP contribution in [0.5, 0.6) is 0 Å². The molecular weight excluding hydrogens is 368 g/mol. The quantitative estimate of drug-likeness (QED) is 0.735. The minimum absolute atomic E-state index is 0.0365. The number of rotatable bonds is 6. The average Bonchev–Trinajstić information content (AvgIpc) is 2.77. The van der Waals surface area contributed by atoms with E-state index >= 15 is 0 Å². The van der Waals surface area contributed by atoms with Gasteiger partial charge in [-0.3, -0.25) is 9.69 Å². The Morgan fingerprint density at radius 3 is 2.21 bits per heavy atom. The first-order valence-corrected chi connectivity index (χ1v) is 10.1. The molecule has 0 unspecified atom stereocenters. The number of carbonyl (C=O) groups is 3. The smallest absolute Gasteiger partial charge is 0.337 e. The maximum Gasteiger partial charge on any atom is 0.337 e. The molecule has 1 saturated heterocycles. The number of benzene rings is 2. The number of amides is 2. The number of carbonyl (C=O) groups excluding carboxylic acids is 2. The van der Waals surface area contributed by atoms with Crippen LogP contribution >= 0.6 is 0 Å². The summed E-state index contributed by atoms with van der Waals surface area (Å²) in [6.07, 6.45) is 3.59. The number of hydrogen-bond acceptors (Lipinski definition) is 3. The summed E-state index contributed by atoms with van der Waals surface area (Å²) < 4.78 is 0. The maximum atomic E-state index is 13.3. The molecule has 0 aromatic heterocycles. The van der Waals surface area contributed by atoms with Crippen LogP contribution in [0, 0.1) is 0 Å². The van der Waals surface area contributed by atoms with Crippen LogP contribution in [-0.2, 0) is 0 Å². The lowest BCUT2D eigenvalue weighted by molar-refractivity contribution is 0.0697. The van der Waals surface area contributed by atoms with Gasteiger partial charge in [-0.1, -0.05) is 43.3 Å². The van der Waals surface area contributed by atoms with E-state index in [1.54, 1.807) is 41.3 Å². The van der Waals surface area contributed by atoms with E-state index in [4.69, 9.17) is 0 Å². The first kappa shape index (κ1) is 20.6. The Morgan fingerprint density at radius 2 is 1.59 bits per heavy atom. The van der Waals surface area contributed by atoms with Crippen LogP contribution in [0.15, 0.2) is 48.5 Å². The molecule has 0 radical (unpaired) electrons. The van der Waals surface area contributed by atoms with E-state index in [2.05, 4.69) is 0 Å². The molecule has 2 amide bonds. The zero-order valence-corrected chi connectivity index (χ0v) is 16.6. The molecule has 0 spiro atoms. The van der Waals surface area contributed by atoms with Crippen molar-refractivity contribution < 1.29 is 19.5 Å². The van der Waals surface area contributed by atoms with E-state index in [-0.39, 0.29) is 28.6 Å². The van der Waals surface area contributed by atoms with Gasteiger partial charge < -0.3 is 10.0 Å². The number of urea groups is 1. The third kappa shape index (κ3) is 4.47. The summed E-state index contributed by atoms with van der Waals surface area (Å²) in [7, 11) is 0. The molecule has 1 aliphatic heterocycles. The van der Waals surface area contributed by atoms with E-state index in [1.807, 2.05) is 13.0 Å². The minimum atomic E-state index is -1.16. The van der Waals surface area contributed by atoms with Gasteiger partial charge >= 0.3 is 12.0 Å². The molecular formula is C23H26N2O4. The zero-order valence-electron chi connectivity index (χ0n) is 16.6. The number of anilines is 1. The van der Waals surface area contributed by atoms with Crippen molar-refractivity contribution in [1.82, 2.24) is 4.90 Å². The number of ketones is 1. The number of nitrogens with zero attached hydrogens (tertiary/aromatic N) is 2. The van der Waals surface area contributed by atoms with Gasteiger partial charge in [-0.2, -0.15) is 0 Å². The number of carboxylic acid groups (broad SMARTS) is 1. The third-order valence-corrected chi connectivity index (χ3v) is 5.12. The van der Waals surface area contributed by atoms with Crippen molar-refractivity contribution in [2.75, 3.05) is 24.5 Å². The van der Waals surface area contributed by atoms with Gasteiger partial charge in [0.2, 0.25) is 0 Å². The Hall–Kier alpha value is -3.15. The number of aromatic carboxylic acids is 1. The predicted molar refractivity (Wildman–Crippen MR) is 112 cm³/mol. The molecule has 152 valence electrons. The van der Waals surface area contributed by atoms with Crippen LogP contribution in [0.3, 0.4) is 0 Å². The summed E-state index contributed by atoms with van der Waals surface area (Å²) in [5.41, 5.74) is 0.838. The lowest BCUT2D eigenvalue weighted by atomic mass is 9.97. The average molecular weight is 394 g/mol. The van der Waals surface area contributed by atoms with Crippen LogP contribution in [0.25, 0.3) is 0 Å². The highest BCUT2D eigenvalue weighted by Gasteiger charge is 2.30. The molecule has 6 nitrogen and oxygen atoms in total. The summed E-state index contributed by atoms with van der Waals surface area (Å²) in [5, 5.41) is 9.79. The molecule has 6 heteroatoms. The van der Waals surface area contributed by atoms with Crippen molar-refractivity contribution in [3.8, 4) is 0 Å². The van der Waals surface area contributed by atoms with Crippen LogP contribution in [-0.4, -0.2) is 47.4 Å². The SMILES string of the molecule is CCCN(C(=O)N1CCCCC1)c1c(C(=O)O)cccc1C(=O)c1ccccc1. The summed E-state index contributed by atoms with van der Waals surface area (Å²) in [4.78, 5) is 41.7. The van der Waals surface area contributed by atoms with Gasteiger partial charge in [-0.15, -0.1) is 0 Å². The first-order chi connectivity index (χ1) is 14.0. The Morgan fingerprint density at radius 1 is 0.931 bits per heavy atom. The Bertz CT molecular complexity index is 889. The second-order valence-corrected chi connectivity index (χ2v) is 7.18. The van der Waals surface area contributed by atoms with E-state index in [1.165, 1.54) is 11.0 Å². The maximum absolute atomic E-state index is 13.3. The molecule has 29 heavy (non-hydrogen) atoms. The fraction of sp³-hybridized carbons (Fsp3) is 0.348. The fourth-order valence-corrected chi connectivity index (χ4v) is 3.72. The predicted octanol–water partition coefficient (Wildman–Crippen LogP) is 4.44. The molecule has 1 N–H and O–H groups in total. The highest BCUT2D eigenvalue weighted by Crippen LogP contribution is 2.30. The van der Waals surface area contributed by atoms with E-state index in [9.17, 15) is 19.5 Å². The van der Waals surface area contributed by atoms with Crippen LogP contribution in [0.4, 0.5) is 10.5 Å². The van der Waals surface area contributed by atoms with Gasteiger partial charge in [0.15, 0.2) is 5.78 Å². The van der Waals surface area contributed by atoms with Crippen molar-refractivity contribution in [3.63, 3.8) is 0 Å². The monoisotopic (exact) mass is 394 g/mol. The van der Waals surface area contributed by atoms with Crippen LogP contribution in [0.2, 0.25) is 0 Å². The van der Waals surface area contributed by atoms with E-state index in [0.29, 0.717) is 31.6 Å². The van der Waals surface area contributed by atoms with Crippen molar-refractivity contribution >= 4 is 23.5 Å². The number of piperidine rings is 1. The van der Waals surface area contributed by atoms with E-state index in [0.717, 1.165) is 19.3 Å². The Kier molecular flexibility index (Phi) is 6.65. The largest absolute Gasteiger partial charge is 0.478 e. The number of likely N-dealkylation sites (tertiary alicyclic amines) is 1. The number of para-hydroxylation sites is 1. The van der Waals surface area contributed by atoms with Crippen molar-refractivity contribution in [3.05, 3.63) is 65.2 Å². The van der Waals surface area contributed by atoms with Gasteiger partial charge in [0.05, 0.1) is 11.3 Å². The minimum Gasteiger partial charge on any atom is -0.478 e. The summed E-state index contributed by atoms with van der Waals surface area (Å²) in [6, 6.07) is 13.1. The molecule has 1 fully saturated rings. The van der Waals surface area contributed by atoms with Crippen molar-refractivity contribution in [2.24, 2.45) is 0 Å². The topological polar surface area (TPSA) is 77.9 Å². The van der Waals surface area contributed by atoms with Gasteiger partial charge in [-0.05, 0) is 37.8 Å². The third-order valence-electron chi connectivity index (χ3n) is 5.12. The van der Waals surface area contributed by atoms with Crippen LogP contribution in [0.1, 0.15) is 58.9 Å². The van der Waals surface area contributed by atoms with Gasteiger partial charge in [-0.25, -0.2) is 9.59 Å². The first-order valence-electron chi connectivity index (χ1n) is 10.1. The van der Waals surface area contributed by atoms with Crippen molar-refractivity contribution in [1.29, 1.82) is 0 Å². The molecule has 1 aliphatic rings.